The molecule has 0 saturated carbocycles. The van der Waals surface area contributed by atoms with E-state index in [1.807, 2.05) is 0 Å². The molecule has 1 aromatic carbocycles. The van der Waals surface area contributed by atoms with Gasteiger partial charge in [0.2, 0.25) is 0 Å². The Morgan fingerprint density at radius 3 is 1.71 bits per heavy atom. The van der Waals surface area contributed by atoms with E-state index >= 15 is 0 Å². The molecule has 0 radical (unpaired) electrons. The lowest BCUT2D eigenvalue weighted by molar-refractivity contribution is 0.371. The summed E-state index contributed by atoms with van der Waals surface area (Å²) in [6.45, 7) is 31.6. The van der Waals surface area contributed by atoms with E-state index in [0.717, 1.165) is 22.3 Å². The van der Waals surface area contributed by atoms with Crippen LogP contribution in [0, 0.1) is 6.92 Å². The Labute approximate surface area is 172 Å². The van der Waals surface area contributed by atoms with Gasteiger partial charge in [-0.2, -0.15) is 0 Å². The summed E-state index contributed by atoms with van der Waals surface area (Å²) in [4.78, 5) is 0. The van der Waals surface area contributed by atoms with Gasteiger partial charge in [0.05, 0.1) is 7.11 Å². The summed E-state index contributed by atoms with van der Waals surface area (Å²) in [5, 5.41) is 0. The number of methoxy groups -OCH3 is 1. The van der Waals surface area contributed by atoms with Crippen LogP contribution in [0.15, 0.2) is 83.5 Å². The maximum Gasteiger partial charge on any atom is 0.118 e. The lowest BCUT2D eigenvalue weighted by atomic mass is 9.74. The van der Waals surface area contributed by atoms with Crippen LogP contribution in [-0.2, 0) is 4.74 Å². The predicted molar refractivity (Wildman–Crippen MR) is 125 cm³/mol. The highest BCUT2D eigenvalue weighted by molar-refractivity contribution is 5.62. The number of hydrogen-bond acceptors (Lipinski definition) is 1. The van der Waals surface area contributed by atoms with Gasteiger partial charge in [0.15, 0.2) is 0 Å². The maximum absolute atomic E-state index is 5.32. The molecule has 0 amide bonds. The molecule has 0 N–H and O–H groups in total. The Hall–Kier alpha value is -2.54. The van der Waals surface area contributed by atoms with E-state index in [1.54, 1.807) is 7.11 Å². The topological polar surface area (TPSA) is 9.23 Å². The fraction of sp³-hybridized carbons (Fsp3) is 0.333. The van der Waals surface area contributed by atoms with Crippen molar-refractivity contribution in [1.29, 1.82) is 0 Å². The van der Waals surface area contributed by atoms with Crippen molar-refractivity contribution in [2.75, 3.05) is 7.11 Å². The second-order valence-corrected chi connectivity index (χ2v) is 7.93. The van der Waals surface area contributed by atoms with Crippen molar-refractivity contribution in [1.82, 2.24) is 0 Å². The number of ether oxygens (including phenoxy) is 1. The molecule has 0 spiro atoms. The number of aryl methyl sites for hydroxylation is 1. The molecule has 1 rings (SSSR count). The van der Waals surface area contributed by atoms with Crippen molar-refractivity contribution in [3.63, 3.8) is 0 Å². The zero-order chi connectivity index (χ0) is 21.8. The van der Waals surface area contributed by atoms with Crippen molar-refractivity contribution in [3.05, 3.63) is 100 Å². The van der Waals surface area contributed by atoms with E-state index in [4.69, 9.17) is 4.74 Å². The first-order valence-corrected chi connectivity index (χ1v) is 9.63. The van der Waals surface area contributed by atoms with Crippen LogP contribution in [0.1, 0.15) is 64.2 Å². The first kappa shape index (κ1) is 23.5. The molecule has 0 aliphatic carbocycles. The van der Waals surface area contributed by atoms with Crippen molar-refractivity contribution in [2.24, 2.45) is 0 Å². The van der Waals surface area contributed by atoms with Crippen LogP contribution < -0.4 is 0 Å². The minimum absolute atomic E-state index is 0.0570. The standard InChI is InChI=1S/C27H36O/c1-16(2)21(10)26(19(7)8)27(25(17(3)4)18(5)6)24-14-13-23(15-20(24)9)22(11)28-12/h13-15,27H,1,3,7,11H2,2,4-6,8-10,12H3/b26-21+. The summed E-state index contributed by atoms with van der Waals surface area (Å²) in [5.74, 6) is 0.726. The summed E-state index contributed by atoms with van der Waals surface area (Å²) in [7, 11) is 1.65. The Morgan fingerprint density at radius 2 is 1.36 bits per heavy atom. The van der Waals surface area contributed by atoms with Crippen LogP contribution in [0.3, 0.4) is 0 Å². The quantitative estimate of drug-likeness (QED) is 0.329. The highest BCUT2D eigenvalue weighted by Gasteiger charge is 2.27. The monoisotopic (exact) mass is 376 g/mol. The summed E-state index contributed by atoms with van der Waals surface area (Å²) < 4.78 is 5.32. The van der Waals surface area contributed by atoms with E-state index in [2.05, 4.69) is 93.0 Å². The van der Waals surface area contributed by atoms with Crippen LogP contribution in [-0.4, -0.2) is 7.11 Å². The molecular formula is C27H36O. The smallest absolute Gasteiger partial charge is 0.118 e. The van der Waals surface area contributed by atoms with Gasteiger partial charge in [0.25, 0.3) is 0 Å². The van der Waals surface area contributed by atoms with Gasteiger partial charge in [0.1, 0.15) is 5.76 Å². The molecule has 0 aliphatic rings. The Bertz CT molecular complexity index is 883. The van der Waals surface area contributed by atoms with Crippen molar-refractivity contribution < 1.29 is 4.74 Å². The molecule has 0 aliphatic heterocycles. The zero-order valence-corrected chi connectivity index (χ0v) is 19.0. The highest BCUT2D eigenvalue weighted by atomic mass is 16.5. The molecule has 0 saturated heterocycles. The third kappa shape index (κ3) is 5.04. The molecule has 1 atom stereocenters. The average molecular weight is 377 g/mol. The second-order valence-electron chi connectivity index (χ2n) is 7.93. The van der Waals surface area contributed by atoms with E-state index in [0.29, 0.717) is 5.76 Å². The van der Waals surface area contributed by atoms with E-state index in [-0.39, 0.29) is 5.92 Å². The number of hydrogen-bond donors (Lipinski definition) is 0. The number of rotatable bonds is 8. The van der Waals surface area contributed by atoms with Crippen molar-refractivity contribution in [3.8, 4) is 0 Å². The maximum atomic E-state index is 5.32. The minimum atomic E-state index is 0.0570. The molecule has 0 aromatic heterocycles. The molecule has 1 heteroatoms. The Morgan fingerprint density at radius 1 is 0.821 bits per heavy atom. The molecule has 0 heterocycles. The second kappa shape index (κ2) is 9.59. The van der Waals surface area contributed by atoms with Crippen LogP contribution in [0.5, 0.6) is 0 Å². The predicted octanol–water partition coefficient (Wildman–Crippen LogP) is 8.08. The lowest BCUT2D eigenvalue weighted by Crippen LogP contribution is -2.13. The van der Waals surface area contributed by atoms with Crippen LogP contribution >= 0.6 is 0 Å². The zero-order valence-electron chi connectivity index (χ0n) is 19.0. The SMILES string of the molecule is C=C(C)C(=C(C)C)C(/C(C(=C)C)=C(\C)C(=C)C)c1ccc(C(=C)OC)cc1C. The summed E-state index contributed by atoms with van der Waals surface area (Å²) in [5.41, 5.74) is 11.5. The van der Waals surface area contributed by atoms with Crippen LogP contribution in [0.25, 0.3) is 5.76 Å². The van der Waals surface area contributed by atoms with Gasteiger partial charge in [-0.15, -0.1) is 0 Å². The minimum Gasteiger partial charge on any atom is -0.497 e. The highest BCUT2D eigenvalue weighted by Crippen LogP contribution is 2.43. The normalized spacial score (nSPS) is 12.6. The van der Waals surface area contributed by atoms with Gasteiger partial charge < -0.3 is 4.74 Å². The third-order valence-corrected chi connectivity index (χ3v) is 5.23. The van der Waals surface area contributed by atoms with Crippen molar-refractivity contribution in [2.45, 2.75) is 54.4 Å². The number of allylic oxidation sites excluding steroid dienone is 7. The third-order valence-electron chi connectivity index (χ3n) is 5.23. The lowest BCUT2D eigenvalue weighted by Gasteiger charge is -2.30. The van der Waals surface area contributed by atoms with Crippen molar-refractivity contribution >= 4 is 5.76 Å². The number of benzene rings is 1. The van der Waals surface area contributed by atoms with Gasteiger partial charge in [-0.25, -0.2) is 0 Å². The van der Waals surface area contributed by atoms with Gasteiger partial charge in [0, 0.05) is 11.5 Å². The fourth-order valence-electron chi connectivity index (χ4n) is 3.72. The van der Waals surface area contributed by atoms with Gasteiger partial charge >= 0.3 is 0 Å². The fourth-order valence-corrected chi connectivity index (χ4v) is 3.72. The Kier molecular flexibility index (Phi) is 8.05. The molecule has 0 fully saturated rings. The van der Waals surface area contributed by atoms with E-state index in [1.165, 1.54) is 33.4 Å². The largest absolute Gasteiger partial charge is 0.497 e. The van der Waals surface area contributed by atoms with E-state index in [9.17, 15) is 0 Å². The molecule has 28 heavy (non-hydrogen) atoms. The first-order valence-electron chi connectivity index (χ1n) is 9.63. The Balaban J connectivity index is 3.95. The van der Waals surface area contributed by atoms with Crippen LogP contribution in [0.4, 0.5) is 0 Å². The van der Waals surface area contributed by atoms with Gasteiger partial charge in [-0.05, 0) is 82.4 Å². The molecule has 1 unspecified atom stereocenters. The molecule has 0 bridgehead atoms. The molecular weight excluding hydrogens is 340 g/mol. The van der Waals surface area contributed by atoms with Gasteiger partial charge in [-0.3, -0.25) is 0 Å². The average Bonchev–Trinajstić information content (AvgIpc) is 2.59. The molecule has 150 valence electrons. The summed E-state index contributed by atoms with van der Waals surface area (Å²) >= 11 is 0. The van der Waals surface area contributed by atoms with E-state index < -0.39 is 0 Å². The summed E-state index contributed by atoms with van der Waals surface area (Å²) in [6.07, 6.45) is 0. The first-order chi connectivity index (χ1) is 12.9. The van der Waals surface area contributed by atoms with Crippen LogP contribution in [0.2, 0.25) is 0 Å². The van der Waals surface area contributed by atoms with Gasteiger partial charge in [-0.1, -0.05) is 60.7 Å². The summed E-state index contributed by atoms with van der Waals surface area (Å²) in [6, 6.07) is 6.40. The molecule has 1 nitrogen and oxygen atoms in total. The molecule has 1 aromatic rings.